The highest BCUT2D eigenvalue weighted by molar-refractivity contribution is 5.58. The van der Waals surface area contributed by atoms with Crippen molar-refractivity contribution in [2.24, 2.45) is 5.73 Å². The number of aromatic nitrogens is 1. The van der Waals surface area contributed by atoms with Crippen molar-refractivity contribution in [1.29, 1.82) is 0 Å². The quantitative estimate of drug-likeness (QED) is 0.729. The van der Waals surface area contributed by atoms with E-state index in [2.05, 4.69) is 63.1 Å². The zero-order valence-corrected chi connectivity index (χ0v) is 16.4. The van der Waals surface area contributed by atoms with Gasteiger partial charge in [0.05, 0.1) is 5.56 Å². The summed E-state index contributed by atoms with van der Waals surface area (Å²) in [6, 6.07) is 6.73. The highest BCUT2D eigenvalue weighted by Crippen LogP contribution is 2.34. The second kappa shape index (κ2) is 8.34. The first kappa shape index (κ1) is 19.3. The molecular weight excluding hydrogens is 310 g/mol. The summed E-state index contributed by atoms with van der Waals surface area (Å²) in [4.78, 5) is 4.62. The van der Waals surface area contributed by atoms with Crippen LogP contribution in [0.5, 0.6) is 11.6 Å². The molecule has 4 nitrogen and oxygen atoms in total. The average Bonchev–Trinajstić information content (AvgIpc) is 2.55. The molecule has 0 unspecified atom stereocenters. The smallest absolute Gasteiger partial charge is 0.226 e. The maximum absolute atomic E-state index is 6.26. The number of hydrogen-bond donors (Lipinski definition) is 2. The zero-order valence-electron chi connectivity index (χ0n) is 16.4. The number of ether oxygens (including phenoxy) is 1. The first-order valence-electron chi connectivity index (χ1n) is 9.12. The van der Waals surface area contributed by atoms with Gasteiger partial charge in [-0.1, -0.05) is 31.5 Å². The molecule has 3 N–H and O–H groups in total. The van der Waals surface area contributed by atoms with Crippen molar-refractivity contribution >= 4 is 5.69 Å². The third-order valence-electron chi connectivity index (χ3n) is 4.57. The van der Waals surface area contributed by atoms with Gasteiger partial charge >= 0.3 is 0 Å². The van der Waals surface area contributed by atoms with Gasteiger partial charge in [-0.2, -0.15) is 0 Å². The average molecular weight is 341 g/mol. The fourth-order valence-corrected chi connectivity index (χ4v) is 3.22. The molecule has 0 radical (unpaired) electrons. The number of benzene rings is 1. The molecule has 0 aliphatic carbocycles. The highest BCUT2D eigenvalue weighted by atomic mass is 16.5. The van der Waals surface area contributed by atoms with Crippen LogP contribution >= 0.6 is 0 Å². The molecule has 0 bridgehead atoms. The Bertz CT molecular complexity index is 713. The lowest BCUT2D eigenvalue weighted by molar-refractivity contribution is 0.448. The Kier molecular flexibility index (Phi) is 6.43. The van der Waals surface area contributed by atoms with E-state index >= 15 is 0 Å². The third kappa shape index (κ3) is 4.51. The molecule has 0 amide bonds. The molecule has 1 heterocycles. The largest absolute Gasteiger partial charge is 0.438 e. The van der Waals surface area contributed by atoms with Gasteiger partial charge in [0, 0.05) is 24.0 Å². The van der Waals surface area contributed by atoms with Gasteiger partial charge in [0.1, 0.15) is 5.75 Å². The molecule has 0 aliphatic rings. The van der Waals surface area contributed by atoms with E-state index < -0.39 is 0 Å². The summed E-state index contributed by atoms with van der Waals surface area (Å²) in [7, 11) is 0. The Morgan fingerprint density at radius 2 is 1.64 bits per heavy atom. The number of nitrogens with one attached hydrogen (secondary N) is 1. The van der Waals surface area contributed by atoms with Crippen LogP contribution in [-0.4, -0.2) is 11.0 Å². The van der Waals surface area contributed by atoms with Crippen molar-refractivity contribution in [1.82, 2.24) is 4.98 Å². The van der Waals surface area contributed by atoms with Crippen LogP contribution in [0.3, 0.4) is 0 Å². The topological polar surface area (TPSA) is 60.2 Å². The number of nitrogens with zero attached hydrogens (tertiary/aromatic N) is 1. The van der Waals surface area contributed by atoms with Crippen molar-refractivity contribution in [2.75, 3.05) is 5.32 Å². The van der Waals surface area contributed by atoms with Crippen molar-refractivity contribution in [2.45, 2.75) is 67.0 Å². The van der Waals surface area contributed by atoms with E-state index in [4.69, 9.17) is 10.5 Å². The predicted octanol–water partition coefficient (Wildman–Crippen LogP) is 5.17. The molecule has 1 aromatic carbocycles. The Morgan fingerprint density at radius 3 is 2.16 bits per heavy atom. The second-order valence-electron chi connectivity index (χ2n) is 6.79. The molecule has 0 saturated carbocycles. The van der Waals surface area contributed by atoms with E-state index in [-0.39, 0.29) is 0 Å². The summed E-state index contributed by atoms with van der Waals surface area (Å²) in [5.41, 5.74) is 12.4. The van der Waals surface area contributed by atoms with Crippen LogP contribution < -0.4 is 15.8 Å². The maximum Gasteiger partial charge on any atom is 0.226 e. The lowest BCUT2D eigenvalue weighted by Crippen LogP contribution is -2.19. The zero-order chi connectivity index (χ0) is 18.6. The summed E-state index contributed by atoms with van der Waals surface area (Å²) in [5.74, 6) is 1.47. The molecule has 0 spiro atoms. The summed E-state index contributed by atoms with van der Waals surface area (Å²) < 4.78 is 6.26. The summed E-state index contributed by atoms with van der Waals surface area (Å²) in [6.07, 6.45) is 2.13. The van der Waals surface area contributed by atoms with Gasteiger partial charge in [0.25, 0.3) is 0 Å². The number of anilines is 1. The second-order valence-corrected chi connectivity index (χ2v) is 6.79. The van der Waals surface area contributed by atoms with Gasteiger partial charge in [0.2, 0.25) is 5.88 Å². The molecule has 0 aliphatic heterocycles. The Morgan fingerprint density at radius 1 is 1.04 bits per heavy atom. The van der Waals surface area contributed by atoms with Crippen LogP contribution in [0.4, 0.5) is 5.69 Å². The first-order chi connectivity index (χ1) is 11.9. The number of nitrogens with two attached hydrogens (primary N) is 1. The molecule has 2 aromatic rings. The van der Waals surface area contributed by atoms with Gasteiger partial charge in [-0.25, -0.2) is 4.98 Å². The molecule has 0 saturated heterocycles. The summed E-state index contributed by atoms with van der Waals surface area (Å²) in [6.45, 7) is 13.0. The number of aryl methyl sites for hydroxylation is 4. The van der Waals surface area contributed by atoms with Crippen molar-refractivity contribution in [3.63, 3.8) is 0 Å². The summed E-state index contributed by atoms with van der Waals surface area (Å²) in [5, 5.41) is 3.60. The number of rotatable bonds is 7. The fraction of sp³-hybridized carbons (Fsp3) is 0.476. The molecule has 2 rings (SSSR count). The van der Waals surface area contributed by atoms with Crippen molar-refractivity contribution < 1.29 is 4.74 Å². The Hall–Kier alpha value is -2.07. The van der Waals surface area contributed by atoms with Crippen molar-refractivity contribution in [3.05, 3.63) is 46.1 Å². The number of hydrogen-bond acceptors (Lipinski definition) is 4. The minimum Gasteiger partial charge on any atom is -0.438 e. The van der Waals surface area contributed by atoms with Crippen LogP contribution in [0, 0.1) is 27.7 Å². The van der Waals surface area contributed by atoms with Gasteiger partial charge in [0.15, 0.2) is 0 Å². The van der Waals surface area contributed by atoms with Crippen molar-refractivity contribution in [3.8, 4) is 11.6 Å². The molecule has 4 heteroatoms. The van der Waals surface area contributed by atoms with Gasteiger partial charge < -0.3 is 15.8 Å². The van der Waals surface area contributed by atoms with Gasteiger partial charge in [-0.15, -0.1) is 0 Å². The minimum absolute atomic E-state index is 0.384. The summed E-state index contributed by atoms with van der Waals surface area (Å²) >= 11 is 0. The van der Waals surface area contributed by atoms with E-state index in [0.29, 0.717) is 18.5 Å². The Balaban J connectivity index is 2.46. The van der Waals surface area contributed by atoms with Gasteiger partial charge in [-0.3, -0.25) is 0 Å². The third-order valence-corrected chi connectivity index (χ3v) is 4.57. The molecule has 0 fully saturated rings. The van der Waals surface area contributed by atoms with E-state index in [1.807, 2.05) is 6.92 Å². The normalized spacial score (nSPS) is 11.0. The lowest BCUT2D eigenvalue weighted by Gasteiger charge is -2.21. The predicted molar refractivity (Wildman–Crippen MR) is 106 cm³/mol. The van der Waals surface area contributed by atoms with E-state index in [0.717, 1.165) is 46.7 Å². The van der Waals surface area contributed by atoms with E-state index in [9.17, 15) is 0 Å². The monoisotopic (exact) mass is 341 g/mol. The maximum atomic E-state index is 6.26. The SMILES string of the molecule is CCC(CC)Nc1cc(C)nc(Oc2c(C)cc(C)cc2C)c1CN. The van der Waals surface area contributed by atoms with Crippen LogP contribution in [0.2, 0.25) is 0 Å². The van der Waals surface area contributed by atoms with Crippen LogP contribution in [0.1, 0.15) is 54.6 Å². The number of pyridine rings is 1. The van der Waals surface area contributed by atoms with Gasteiger partial charge in [-0.05, 0) is 57.7 Å². The molecule has 25 heavy (non-hydrogen) atoms. The molecule has 0 atom stereocenters. The van der Waals surface area contributed by atoms with E-state index in [1.54, 1.807) is 0 Å². The minimum atomic E-state index is 0.384. The van der Waals surface area contributed by atoms with E-state index in [1.165, 1.54) is 5.56 Å². The lowest BCUT2D eigenvalue weighted by atomic mass is 10.1. The highest BCUT2D eigenvalue weighted by Gasteiger charge is 2.16. The van der Waals surface area contributed by atoms with Crippen LogP contribution in [0.25, 0.3) is 0 Å². The van der Waals surface area contributed by atoms with Crippen LogP contribution in [0.15, 0.2) is 18.2 Å². The van der Waals surface area contributed by atoms with Crippen LogP contribution in [-0.2, 0) is 6.54 Å². The Labute approximate surface area is 151 Å². The molecular formula is C21H31N3O. The first-order valence-corrected chi connectivity index (χ1v) is 9.12. The standard InChI is InChI=1S/C21H31N3O/c1-7-17(8-2)24-19-11-16(6)23-21(18(19)12-22)25-20-14(4)9-13(3)10-15(20)5/h9-11,17H,7-8,12,22H2,1-6H3,(H,23,24). The fourth-order valence-electron chi connectivity index (χ4n) is 3.22. The molecule has 136 valence electrons. The molecule has 1 aromatic heterocycles.